The molecule has 1 aromatic rings. The number of benzene rings is 1. The minimum absolute atomic E-state index is 0.0392. The maximum atomic E-state index is 13.4. The number of rotatable bonds is 11. The molecule has 3 rings (SSSR count). The Balaban J connectivity index is 1.65. The Kier molecular flexibility index (Phi) is 10.0. The second-order valence-corrected chi connectivity index (χ2v) is 10.1. The standard InChI is InChI=1S/C26H35N5O9/c1-14(24(37)31-11-3-5-20(31)26(39)40)28-23(36)19-4-2-10-30(19)25(38)18(13-21(33)34)29-22(35)17(27)12-15-6-8-16(32)9-7-15/h6-9,14,17-20,32H,2-5,10-13,27H2,1H3,(H,28,36)(H,29,35)(H,33,34)(H,39,40)/t14-,17+,18-,19-,20-/m0/s1. The molecule has 40 heavy (non-hydrogen) atoms. The number of phenols is 1. The van der Waals surface area contributed by atoms with Gasteiger partial charge in [0.05, 0.1) is 12.5 Å². The highest BCUT2D eigenvalue weighted by Gasteiger charge is 2.41. The maximum absolute atomic E-state index is 13.4. The molecule has 0 radical (unpaired) electrons. The second-order valence-electron chi connectivity index (χ2n) is 10.1. The number of carbonyl (C=O) groups is 6. The molecule has 1 aromatic carbocycles. The highest BCUT2D eigenvalue weighted by Crippen LogP contribution is 2.21. The van der Waals surface area contributed by atoms with E-state index in [-0.39, 0.29) is 31.7 Å². The van der Waals surface area contributed by atoms with Crippen LogP contribution in [0, 0.1) is 0 Å². The van der Waals surface area contributed by atoms with Crippen LogP contribution < -0.4 is 16.4 Å². The number of amides is 4. The normalized spacial score (nSPS) is 20.9. The lowest BCUT2D eigenvalue weighted by molar-refractivity contribution is -0.149. The minimum atomic E-state index is -1.48. The number of hydrogen-bond donors (Lipinski definition) is 6. The van der Waals surface area contributed by atoms with Crippen molar-refractivity contribution in [1.82, 2.24) is 20.4 Å². The number of phenolic OH excluding ortho intramolecular Hbond substituents is 1. The summed E-state index contributed by atoms with van der Waals surface area (Å²) in [6.07, 6.45) is 0.884. The van der Waals surface area contributed by atoms with E-state index in [0.29, 0.717) is 24.8 Å². The molecule has 0 saturated carbocycles. The number of likely N-dealkylation sites (tertiary alicyclic amines) is 2. The molecule has 0 spiro atoms. The molecule has 0 aromatic heterocycles. The number of nitrogens with two attached hydrogens (primary N) is 1. The van der Waals surface area contributed by atoms with Gasteiger partial charge in [-0.25, -0.2) is 4.79 Å². The first-order valence-electron chi connectivity index (χ1n) is 13.1. The second kappa shape index (κ2) is 13.2. The number of carboxylic acid groups (broad SMARTS) is 2. The summed E-state index contributed by atoms with van der Waals surface area (Å²) in [5.74, 6) is -5.14. The van der Waals surface area contributed by atoms with Crippen molar-refractivity contribution in [2.24, 2.45) is 5.73 Å². The Morgan fingerprint density at radius 1 is 0.925 bits per heavy atom. The van der Waals surface area contributed by atoms with E-state index in [0.717, 1.165) is 0 Å². The van der Waals surface area contributed by atoms with Crippen LogP contribution in [0.5, 0.6) is 5.75 Å². The summed E-state index contributed by atoms with van der Waals surface area (Å²) in [6, 6.07) is 0.409. The molecular formula is C26H35N5O9. The van der Waals surface area contributed by atoms with Gasteiger partial charge in [-0.2, -0.15) is 0 Å². The van der Waals surface area contributed by atoms with Crippen molar-refractivity contribution >= 4 is 35.6 Å². The van der Waals surface area contributed by atoms with Gasteiger partial charge in [0.25, 0.3) is 0 Å². The number of aliphatic carboxylic acids is 2. The zero-order chi connectivity index (χ0) is 29.6. The molecule has 2 saturated heterocycles. The van der Waals surface area contributed by atoms with Crippen LogP contribution in [0.4, 0.5) is 0 Å². The van der Waals surface area contributed by atoms with Gasteiger partial charge in [0.15, 0.2) is 0 Å². The molecule has 2 heterocycles. The first-order valence-corrected chi connectivity index (χ1v) is 13.1. The highest BCUT2D eigenvalue weighted by molar-refractivity contribution is 5.97. The Morgan fingerprint density at radius 2 is 1.50 bits per heavy atom. The molecule has 2 aliphatic rings. The molecule has 14 nitrogen and oxygen atoms in total. The molecule has 0 unspecified atom stereocenters. The summed E-state index contributed by atoms with van der Waals surface area (Å²) in [7, 11) is 0. The van der Waals surface area contributed by atoms with E-state index >= 15 is 0 Å². The summed E-state index contributed by atoms with van der Waals surface area (Å²) in [4.78, 5) is 77.3. The molecule has 218 valence electrons. The third-order valence-corrected chi connectivity index (χ3v) is 7.11. The Labute approximate surface area is 230 Å². The lowest BCUT2D eigenvalue weighted by Crippen LogP contribution is -2.58. The Hall–Kier alpha value is -4.20. The number of aromatic hydroxyl groups is 1. The average molecular weight is 562 g/mol. The molecule has 0 bridgehead atoms. The van der Waals surface area contributed by atoms with Gasteiger partial charge >= 0.3 is 11.9 Å². The number of hydrogen-bond acceptors (Lipinski definition) is 8. The maximum Gasteiger partial charge on any atom is 0.326 e. The van der Waals surface area contributed by atoms with Crippen LogP contribution in [-0.2, 0) is 35.2 Å². The molecule has 14 heteroatoms. The Morgan fingerprint density at radius 3 is 2.08 bits per heavy atom. The average Bonchev–Trinajstić information content (AvgIpc) is 3.58. The van der Waals surface area contributed by atoms with Crippen molar-refractivity contribution in [1.29, 1.82) is 0 Å². The number of carboxylic acids is 2. The number of nitrogens with one attached hydrogen (secondary N) is 2. The van der Waals surface area contributed by atoms with Gasteiger partial charge in [-0.1, -0.05) is 12.1 Å². The van der Waals surface area contributed by atoms with E-state index < -0.39 is 72.2 Å². The first-order chi connectivity index (χ1) is 18.9. The van der Waals surface area contributed by atoms with Crippen molar-refractivity contribution in [3.05, 3.63) is 29.8 Å². The van der Waals surface area contributed by atoms with Crippen molar-refractivity contribution in [2.45, 2.75) is 75.7 Å². The van der Waals surface area contributed by atoms with Gasteiger partial charge in [0, 0.05) is 13.1 Å². The monoisotopic (exact) mass is 561 g/mol. The summed E-state index contributed by atoms with van der Waals surface area (Å²) >= 11 is 0. The number of nitrogens with zero attached hydrogens (tertiary/aromatic N) is 2. The van der Waals surface area contributed by atoms with Crippen molar-refractivity contribution in [2.75, 3.05) is 13.1 Å². The van der Waals surface area contributed by atoms with Crippen LogP contribution in [0.15, 0.2) is 24.3 Å². The van der Waals surface area contributed by atoms with Gasteiger partial charge in [-0.05, 0) is 56.7 Å². The van der Waals surface area contributed by atoms with Crippen LogP contribution in [-0.4, -0.2) is 104 Å². The molecule has 7 N–H and O–H groups in total. The molecule has 0 aliphatic carbocycles. The van der Waals surface area contributed by atoms with Crippen LogP contribution in [0.1, 0.15) is 44.6 Å². The zero-order valence-electron chi connectivity index (χ0n) is 22.1. The lowest BCUT2D eigenvalue weighted by Gasteiger charge is -2.30. The van der Waals surface area contributed by atoms with Gasteiger partial charge in [0.2, 0.25) is 23.6 Å². The summed E-state index contributed by atoms with van der Waals surface area (Å²) in [6.45, 7) is 1.83. The fourth-order valence-electron chi connectivity index (χ4n) is 5.04. The van der Waals surface area contributed by atoms with E-state index in [1.165, 1.54) is 28.9 Å². The zero-order valence-corrected chi connectivity index (χ0v) is 22.1. The minimum Gasteiger partial charge on any atom is -0.508 e. The summed E-state index contributed by atoms with van der Waals surface area (Å²) in [5, 5.41) is 33.1. The third-order valence-electron chi connectivity index (χ3n) is 7.11. The van der Waals surface area contributed by atoms with Crippen LogP contribution in [0.25, 0.3) is 0 Å². The fourth-order valence-corrected chi connectivity index (χ4v) is 5.04. The fraction of sp³-hybridized carbons (Fsp3) is 0.538. The molecule has 2 fully saturated rings. The SMILES string of the molecule is C[C@H](NC(=O)[C@@H]1CCCN1C(=O)[C@H](CC(=O)O)NC(=O)[C@H](N)Cc1ccc(O)cc1)C(=O)N1CCC[C@H]1C(=O)O. The van der Waals surface area contributed by atoms with E-state index in [9.17, 15) is 44.1 Å². The molecule has 5 atom stereocenters. The van der Waals surface area contributed by atoms with Gasteiger partial charge in [-0.3, -0.25) is 24.0 Å². The van der Waals surface area contributed by atoms with Crippen LogP contribution in [0.2, 0.25) is 0 Å². The largest absolute Gasteiger partial charge is 0.508 e. The highest BCUT2D eigenvalue weighted by atomic mass is 16.4. The van der Waals surface area contributed by atoms with E-state index in [4.69, 9.17) is 5.73 Å². The predicted octanol–water partition coefficient (Wildman–Crippen LogP) is -1.21. The topological polar surface area (TPSA) is 220 Å². The van der Waals surface area contributed by atoms with Gasteiger partial charge < -0.3 is 41.5 Å². The van der Waals surface area contributed by atoms with Crippen molar-refractivity contribution < 1.29 is 44.1 Å². The van der Waals surface area contributed by atoms with E-state index in [1.807, 2.05) is 0 Å². The first kappa shape index (κ1) is 30.3. The molecule has 4 amide bonds. The lowest BCUT2D eigenvalue weighted by atomic mass is 10.0. The van der Waals surface area contributed by atoms with E-state index in [1.54, 1.807) is 12.1 Å². The van der Waals surface area contributed by atoms with Crippen molar-refractivity contribution in [3.63, 3.8) is 0 Å². The van der Waals surface area contributed by atoms with Crippen LogP contribution in [0.3, 0.4) is 0 Å². The molecule has 2 aliphatic heterocycles. The summed E-state index contributed by atoms with van der Waals surface area (Å²) in [5.41, 5.74) is 6.62. The van der Waals surface area contributed by atoms with Crippen LogP contribution >= 0.6 is 0 Å². The van der Waals surface area contributed by atoms with Gasteiger partial charge in [0.1, 0.15) is 29.9 Å². The van der Waals surface area contributed by atoms with Gasteiger partial charge in [-0.15, -0.1) is 0 Å². The predicted molar refractivity (Wildman–Crippen MR) is 139 cm³/mol. The smallest absolute Gasteiger partial charge is 0.326 e. The molecular weight excluding hydrogens is 526 g/mol. The summed E-state index contributed by atoms with van der Waals surface area (Å²) < 4.78 is 0. The van der Waals surface area contributed by atoms with E-state index in [2.05, 4.69) is 10.6 Å². The van der Waals surface area contributed by atoms with Crippen molar-refractivity contribution in [3.8, 4) is 5.75 Å². The third kappa shape index (κ3) is 7.46. The quantitative estimate of drug-likeness (QED) is 0.189. The Bertz CT molecular complexity index is 1140. The number of carbonyl (C=O) groups excluding carboxylic acids is 4.